The van der Waals surface area contributed by atoms with Gasteiger partial charge in [0.15, 0.2) is 5.60 Å². The van der Waals surface area contributed by atoms with Crippen molar-refractivity contribution in [1.29, 1.82) is 0 Å². The second-order valence-corrected chi connectivity index (χ2v) is 12.1. The van der Waals surface area contributed by atoms with E-state index in [-0.39, 0.29) is 17.4 Å². The van der Waals surface area contributed by atoms with Crippen molar-refractivity contribution < 1.29 is 23.5 Å². The second-order valence-electron chi connectivity index (χ2n) is 12.1. The van der Waals surface area contributed by atoms with Gasteiger partial charge in [-0.25, -0.2) is 4.39 Å². The fourth-order valence-electron chi connectivity index (χ4n) is 6.43. The van der Waals surface area contributed by atoms with E-state index >= 15 is 0 Å². The Labute approximate surface area is 236 Å². The number of amidine groups is 1. The monoisotopic (exact) mass is 549 g/mol. The van der Waals surface area contributed by atoms with Gasteiger partial charge < -0.3 is 19.2 Å². The SMILES string of the molecule is CCOC(=O)C1(C)CCN(C2=NOC3(C2)CN(Cc2ccc(-c4ccc(F)cc4OCC)c(C4CC4)c2)C3)CC1. The lowest BCUT2D eigenvalue weighted by molar-refractivity contribution is -0.156. The van der Waals surface area contributed by atoms with E-state index in [9.17, 15) is 9.18 Å². The summed E-state index contributed by atoms with van der Waals surface area (Å²) in [4.78, 5) is 23.1. The topological polar surface area (TPSA) is 63.6 Å². The maximum absolute atomic E-state index is 13.9. The van der Waals surface area contributed by atoms with E-state index in [2.05, 4.69) is 33.2 Å². The van der Waals surface area contributed by atoms with Gasteiger partial charge in [-0.15, -0.1) is 0 Å². The minimum atomic E-state index is -0.409. The number of piperidine rings is 1. The van der Waals surface area contributed by atoms with Gasteiger partial charge in [-0.1, -0.05) is 23.4 Å². The first-order valence-corrected chi connectivity index (χ1v) is 14.8. The predicted octanol–water partition coefficient (Wildman–Crippen LogP) is 5.72. The molecule has 3 fully saturated rings. The Balaban J connectivity index is 1.06. The smallest absolute Gasteiger partial charge is 0.311 e. The van der Waals surface area contributed by atoms with Gasteiger partial charge in [-0.3, -0.25) is 9.69 Å². The van der Waals surface area contributed by atoms with Crippen LogP contribution in [0.15, 0.2) is 41.6 Å². The van der Waals surface area contributed by atoms with Crippen LogP contribution in [0.1, 0.15) is 69.9 Å². The fourth-order valence-corrected chi connectivity index (χ4v) is 6.43. The first kappa shape index (κ1) is 27.1. The third kappa shape index (κ3) is 5.30. The van der Waals surface area contributed by atoms with Crippen LogP contribution in [0.25, 0.3) is 11.1 Å². The molecule has 3 heterocycles. The Morgan fingerprint density at radius 1 is 1.07 bits per heavy atom. The number of rotatable bonds is 8. The van der Waals surface area contributed by atoms with E-state index in [4.69, 9.17) is 14.3 Å². The summed E-state index contributed by atoms with van der Waals surface area (Å²) >= 11 is 0. The summed E-state index contributed by atoms with van der Waals surface area (Å²) in [6.45, 7) is 10.9. The number of oxime groups is 1. The Morgan fingerprint density at radius 2 is 1.82 bits per heavy atom. The van der Waals surface area contributed by atoms with Gasteiger partial charge in [-0.2, -0.15) is 0 Å². The summed E-state index contributed by atoms with van der Waals surface area (Å²) in [5.41, 5.74) is 4.08. The number of halogens is 1. The highest BCUT2D eigenvalue weighted by Crippen LogP contribution is 2.47. The van der Waals surface area contributed by atoms with Crippen molar-refractivity contribution >= 4 is 11.8 Å². The normalized spacial score (nSPS) is 21.5. The summed E-state index contributed by atoms with van der Waals surface area (Å²) in [7, 11) is 0. The summed E-state index contributed by atoms with van der Waals surface area (Å²) in [5.74, 6) is 1.81. The van der Waals surface area contributed by atoms with Crippen molar-refractivity contribution in [3.8, 4) is 16.9 Å². The van der Waals surface area contributed by atoms with Crippen molar-refractivity contribution in [2.45, 2.75) is 70.9 Å². The van der Waals surface area contributed by atoms with Gasteiger partial charge in [0.1, 0.15) is 17.4 Å². The lowest BCUT2D eigenvalue weighted by Gasteiger charge is -2.46. The highest BCUT2D eigenvalue weighted by atomic mass is 19.1. The van der Waals surface area contributed by atoms with Crippen molar-refractivity contribution in [3.63, 3.8) is 0 Å². The number of hydrogen-bond donors (Lipinski definition) is 0. The molecule has 1 spiro atoms. The molecule has 6 rings (SSSR count). The molecule has 0 aromatic heterocycles. The molecule has 0 atom stereocenters. The third-order valence-corrected chi connectivity index (χ3v) is 8.92. The molecular formula is C32H40FN3O4. The van der Waals surface area contributed by atoms with Crippen LogP contribution in [0.2, 0.25) is 0 Å². The lowest BCUT2D eigenvalue weighted by atomic mass is 9.80. The van der Waals surface area contributed by atoms with Crippen molar-refractivity contribution in [2.75, 3.05) is 39.4 Å². The minimum absolute atomic E-state index is 0.0874. The van der Waals surface area contributed by atoms with Crippen LogP contribution in [0.5, 0.6) is 5.75 Å². The summed E-state index contributed by atoms with van der Waals surface area (Å²) in [6, 6.07) is 11.6. The average Bonchev–Trinajstić information content (AvgIpc) is 3.68. The van der Waals surface area contributed by atoms with Crippen LogP contribution < -0.4 is 4.74 Å². The first-order valence-electron chi connectivity index (χ1n) is 14.8. The number of hydrogen-bond acceptors (Lipinski definition) is 7. The van der Waals surface area contributed by atoms with E-state index in [0.717, 1.165) is 68.9 Å². The number of carbonyl (C=O) groups is 1. The molecule has 3 aliphatic heterocycles. The molecule has 0 amide bonds. The van der Waals surface area contributed by atoms with Gasteiger partial charge >= 0.3 is 5.97 Å². The molecule has 0 radical (unpaired) electrons. The molecule has 0 bridgehead atoms. The number of benzene rings is 2. The Morgan fingerprint density at radius 3 is 2.52 bits per heavy atom. The van der Waals surface area contributed by atoms with Crippen LogP contribution in [0.3, 0.4) is 0 Å². The Hall–Kier alpha value is -3.13. The van der Waals surface area contributed by atoms with E-state index in [1.165, 1.54) is 36.1 Å². The van der Waals surface area contributed by atoms with Crippen molar-refractivity contribution in [1.82, 2.24) is 9.80 Å². The highest BCUT2D eigenvalue weighted by molar-refractivity contribution is 5.85. The van der Waals surface area contributed by atoms with Crippen molar-refractivity contribution in [2.24, 2.45) is 10.6 Å². The summed E-state index contributed by atoms with van der Waals surface area (Å²) < 4.78 is 25.0. The molecule has 7 nitrogen and oxygen atoms in total. The zero-order chi connectivity index (χ0) is 27.9. The van der Waals surface area contributed by atoms with E-state index < -0.39 is 5.41 Å². The van der Waals surface area contributed by atoms with Crippen LogP contribution in [0.4, 0.5) is 4.39 Å². The van der Waals surface area contributed by atoms with Crippen LogP contribution in [0, 0.1) is 11.2 Å². The maximum Gasteiger partial charge on any atom is 0.311 e. The number of likely N-dealkylation sites (tertiary alicyclic amines) is 2. The van der Waals surface area contributed by atoms with Gasteiger partial charge in [0, 0.05) is 44.4 Å². The molecular weight excluding hydrogens is 509 g/mol. The van der Waals surface area contributed by atoms with E-state index in [0.29, 0.717) is 24.9 Å². The Kier molecular flexibility index (Phi) is 7.23. The molecule has 1 aliphatic carbocycles. The van der Waals surface area contributed by atoms with Gasteiger partial charge in [0.05, 0.1) is 25.0 Å². The van der Waals surface area contributed by atoms with Crippen LogP contribution in [-0.2, 0) is 20.9 Å². The standard InChI is InChI=1S/C32H40FN3O4/c1-4-38-28-17-24(33)9-11-26(28)25-10-6-22(16-27(25)23-7-8-23)19-35-20-32(21-35)18-29(34-40-32)36-14-12-31(3,13-15-36)30(37)39-5-2/h6,9-11,16-17,23H,4-5,7-8,12-15,18-21H2,1-3H3. The van der Waals surface area contributed by atoms with Crippen LogP contribution in [-0.4, -0.2) is 66.6 Å². The average molecular weight is 550 g/mol. The number of nitrogens with zero attached hydrogens (tertiary/aromatic N) is 3. The zero-order valence-electron chi connectivity index (χ0n) is 23.9. The molecule has 40 heavy (non-hydrogen) atoms. The number of carbonyl (C=O) groups excluding carboxylic acids is 1. The lowest BCUT2D eigenvalue weighted by Crippen LogP contribution is -2.61. The quantitative estimate of drug-likeness (QED) is 0.393. The Bertz CT molecular complexity index is 1290. The van der Waals surface area contributed by atoms with E-state index in [1.54, 1.807) is 0 Å². The molecule has 0 N–H and O–H groups in total. The number of ether oxygens (including phenoxy) is 2. The van der Waals surface area contributed by atoms with E-state index in [1.807, 2.05) is 26.8 Å². The molecule has 2 saturated heterocycles. The molecule has 2 aromatic carbocycles. The van der Waals surface area contributed by atoms with Gasteiger partial charge in [0.2, 0.25) is 0 Å². The fraction of sp³-hybridized carbons (Fsp3) is 0.562. The summed E-state index contributed by atoms with van der Waals surface area (Å²) in [6.07, 6.45) is 4.74. The highest BCUT2D eigenvalue weighted by Gasteiger charge is 2.51. The molecule has 2 aromatic rings. The molecule has 8 heteroatoms. The van der Waals surface area contributed by atoms with Crippen molar-refractivity contribution in [3.05, 3.63) is 53.3 Å². The molecule has 214 valence electrons. The number of esters is 1. The van der Waals surface area contributed by atoms with Gasteiger partial charge in [-0.05, 0) is 81.2 Å². The molecule has 4 aliphatic rings. The van der Waals surface area contributed by atoms with Crippen LogP contribution >= 0.6 is 0 Å². The zero-order valence-corrected chi connectivity index (χ0v) is 23.9. The summed E-state index contributed by atoms with van der Waals surface area (Å²) in [5, 5.41) is 4.49. The largest absolute Gasteiger partial charge is 0.493 e. The van der Waals surface area contributed by atoms with Gasteiger partial charge in [0.25, 0.3) is 0 Å². The third-order valence-electron chi connectivity index (χ3n) is 8.92. The first-order chi connectivity index (χ1) is 19.3. The molecule has 1 saturated carbocycles. The maximum atomic E-state index is 13.9. The predicted molar refractivity (Wildman–Crippen MR) is 152 cm³/mol. The molecule has 0 unspecified atom stereocenters. The second kappa shape index (κ2) is 10.7. The minimum Gasteiger partial charge on any atom is -0.493 e.